The van der Waals surface area contributed by atoms with Gasteiger partial charge in [0, 0.05) is 43.8 Å². The van der Waals surface area contributed by atoms with Crippen molar-refractivity contribution in [3.63, 3.8) is 0 Å². The van der Waals surface area contributed by atoms with Crippen LogP contribution in [0.2, 0.25) is 0 Å². The minimum Gasteiger partial charge on any atom is -0.456 e. The van der Waals surface area contributed by atoms with Crippen LogP contribution in [0.1, 0.15) is 44.9 Å². The molecule has 306 valence electrons. The summed E-state index contributed by atoms with van der Waals surface area (Å²) >= 11 is 0. The van der Waals surface area contributed by atoms with Crippen molar-refractivity contribution in [1.82, 2.24) is 4.57 Å². The van der Waals surface area contributed by atoms with Crippen LogP contribution in [-0.4, -0.2) is 4.57 Å². The van der Waals surface area contributed by atoms with E-state index in [1.54, 1.807) is 0 Å². The van der Waals surface area contributed by atoms with Gasteiger partial charge in [-0.25, -0.2) is 0 Å². The van der Waals surface area contributed by atoms with E-state index < -0.39 is 5.41 Å². The number of furan rings is 2. The Morgan fingerprint density at radius 1 is 0.364 bits per heavy atom. The summed E-state index contributed by atoms with van der Waals surface area (Å²) in [6.45, 7) is 0. The molecule has 3 aliphatic rings. The highest BCUT2D eigenvalue weighted by molar-refractivity contribution is 6.15. The minimum absolute atomic E-state index is 0.121. The normalized spacial score (nSPS) is 16.6. The van der Waals surface area contributed by atoms with Crippen molar-refractivity contribution >= 4 is 65.7 Å². The fourth-order valence-electron chi connectivity index (χ4n) is 13.0. The Hall–Kier alpha value is -8.40. The first-order chi connectivity index (χ1) is 32.7. The van der Waals surface area contributed by atoms with Crippen LogP contribution >= 0.6 is 0 Å². The molecule has 0 saturated carbocycles. The number of benzene rings is 10. The van der Waals surface area contributed by atoms with Gasteiger partial charge in [-0.2, -0.15) is 0 Å². The molecular weight excluding hydrogens is 803 g/mol. The molecule has 0 amide bonds. The van der Waals surface area contributed by atoms with Gasteiger partial charge < -0.3 is 13.4 Å². The summed E-state index contributed by atoms with van der Waals surface area (Å²) < 4.78 is 16.0. The summed E-state index contributed by atoms with van der Waals surface area (Å²) in [5.41, 5.74) is 23.7. The highest BCUT2D eigenvalue weighted by Crippen LogP contribution is 2.65. The molecular formula is C63H37NO2. The maximum Gasteiger partial charge on any atom is 0.159 e. The minimum atomic E-state index is -0.543. The van der Waals surface area contributed by atoms with Crippen molar-refractivity contribution in [2.45, 2.75) is 17.8 Å². The van der Waals surface area contributed by atoms with Crippen LogP contribution in [0, 0.1) is 0 Å². The zero-order valence-electron chi connectivity index (χ0n) is 35.7. The van der Waals surface area contributed by atoms with Crippen molar-refractivity contribution in [2.75, 3.05) is 0 Å². The van der Waals surface area contributed by atoms with Crippen LogP contribution in [0.15, 0.2) is 215 Å². The molecule has 2 atom stereocenters. The summed E-state index contributed by atoms with van der Waals surface area (Å²) in [7, 11) is 0. The average molecular weight is 840 g/mol. The Morgan fingerprint density at radius 3 is 1.70 bits per heavy atom. The summed E-state index contributed by atoms with van der Waals surface area (Å²) in [6.07, 6.45) is 0.867. The SMILES string of the molecule is c1ccc2c(c1)-c1cc3c(cc1CC2c1cccc2c1oc1ccccc12)C1(c2ccccc2-3)c2ccccc2-c2cc3c4ccccc4n(-c4cccc5c4oc4ccccc45)c3cc21. The van der Waals surface area contributed by atoms with Gasteiger partial charge in [0.15, 0.2) is 5.58 Å². The van der Waals surface area contributed by atoms with E-state index in [1.807, 2.05) is 0 Å². The number of aromatic nitrogens is 1. The molecule has 0 bridgehead atoms. The predicted molar refractivity (Wildman–Crippen MR) is 269 cm³/mol. The van der Waals surface area contributed by atoms with Crippen LogP contribution in [0.25, 0.3) is 105 Å². The second-order valence-corrected chi connectivity index (χ2v) is 18.6. The second kappa shape index (κ2) is 12.4. The maximum atomic E-state index is 6.77. The fourth-order valence-corrected chi connectivity index (χ4v) is 13.0. The quantitative estimate of drug-likeness (QED) is 0.174. The lowest BCUT2D eigenvalue weighted by Crippen LogP contribution is -2.26. The molecule has 3 heteroatoms. The molecule has 0 fully saturated rings. The molecule has 66 heavy (non-hydrogen) atoms. The zero-order chi connectivity index (χ0) is 42.8. The molecule has 1 spiro atoms. The highest BCUT2D eigenvalue weighted by atomic mass is 16.3. The van der Waals surface area contributed by atoms with E-state index in [-0.39, 0.29) is 5.92 Å². The van der Waals surface area contributed by atoms with Gasteiger partial charge in [0.1, 0.15) is 16.7 Å². The number of fused-ring (bicyclic) bond motifs is 22. The monoisotopic (exact) mass is 839 g/mol. The molecule has 3 aliphatic carbocycles. The number of hydrogen-bond donors (Lipinski definition) is 0. The van der Waals surface area contributed by atoms with Crippen molar-refractivity contribution in [2.24, 2.45) is 0 Å². The predicted octanol–water partition coefficient (Wildman–Crippen LogP) is 16.3. The van der Waals surface area contributed by atoms with E-state index in [4.69, 9.17) is 8.83 Å². The molecule has 0 N–H and O–H groups in total. The van der Waals surface area contributed by atoms with Crippen molar-refractivity contribution in [1.29, 1.82) is 0 Å². The zero-order valence-corrected chi connectivity index (χ0v) is 35.7. The van der Waals surface area contributed by atoms with Gasteiger partial charge in [0.05, 0.1) is 22.1 Å². The second-order valence-electron chi connectivity index (χ2n) is 18.6. The molecule has 3 aromatic heterocycles. The van der Waals surface area contributed by atoms with Crippen LogP contribution in [-0.2, 0) is 11.8 Å². The lowest BCUT2D eigenvalue weighted by molar-refractivity contribution is 0.654. The number of nitrogens with zero attached hydrogens (tertiary/aromatic N) is 1. The van der Waals surface area contributed by atoms with Gasteiger partial charge in [-0.1, -0.05) is 164 Å². The molecule has 2 unspecified atom stereocenters. The van der Waals surface area contributed by atoms with Gasteiger partial charge in [-0.15, -0.1) is 0 Å². The van der Waals surface area contributed by atoms with Crippen molar-refractivity contribution in [3.8, 4) is 39.1 Å². The van der Waals surface area contributed by atoms with Crippen LogP contribution in [0.5, 0.6) is 0 Å². The molecule has 16 rings (SSSR count). The van der Waals surface area contributed by atoms with Crippen molar-refractivity contribution < 1.29 is 8.83 Å². The number of hydrogen-bond acceptors (Lipinski definition) is 2. The molecule has 10 aromatic carbocycles. The van der Waals surface area contributed by atoms with E-state index >= 15 is 0 Å². The third-order valence-corrected chi connectivity index (χ3v) is 15.6. The molecule has 0 saturated heterocycles. The van der Waals surface area contributed by atoms with E-state index in [0.29, 0.717) is 0 Å². The lowest BCUT2D eigenvalue weighted by atomic mass is 9.68. The first kappa shape index (κ1) is 35.0. The lowest BCUT2D eigenvalue weighted by Gasteiger charge is -2.33. The molecule has 0 aliphatic heterocycles. The smallest absolute Gasteiger partial charge is 0.159 e. The van der Waals surface area contributed by atoms with Crippen LogP contribution in [0.3, 0.4) is 0 Å². The fraction of sp³-hybridized carbons (Fsp3) is 0.0476. The van der Waals surface area contributed by atoms with E-state index in [9.17, 15) is 0 Å². The van der Waals surface area contributed by atoms with Crippen LogP contribution < -0.4 is 0 Å². The third kappa shape index (κ3) is 4.25. The summed E-state index contributed by atoms with van der Waals surface area (Å²) in [5, 5.41) is 7.06. The maximum absolute atomic E-state index is 6.77. The van der Waals surface area contributed by atoms with Gasteiger partial charge in [0.2, 0.25) is 0 Å². The number of para-hydroxylation sites is 5. The standard InChI is InChI=1S/C63H37NO2/c1-2-16-38-37(15-1)47-33-49-39-17-3-8-25-52(39)63(54(49)32-36(47)31-48(38)46-23-13-22-44-42-20-6-11-29-59(42)65-61(44)46)53-26-9-4-18-40(53)50-34-51-41-19-5-10-27-56(41)64(58(51)35-55(50)63)57-28-14-24-45-43-21-7-12-30-60(43)66-62(45)57/h1-30,32-35,48H,31H2. The molecule has 3 nitrogen and oxygen atoms in total. The van der Waals surface area contributed by atoms with Gasteiger partial charge >= 0.3 is 0 Å². The highest BCUT2D eigenvalue weighted by Gasteiger charge is 2.52. The third-order valence-electron chi connectivity index (χ3n) is 15.6. The summed E-state index contributed by atoms with van der Waals surface area (Å²) in [4.78, 5) is 0. The van der Waals surface area contributed by atoms with Gasteiger partial charge in [-0.3, -0.25) is 0 Å². The topological polar surface area (TPSA) is 31.2 Å². The first-order valence-corrected chi connectivity index (χ1v) is 23.1. The number of rotatable bonds is 2. The Balaban J connectivity index is 0.982. The van der Waals surface area contributed by atoms with Crippen LogP contribution in [0.4, 0.5) is 0 Å². The molecule has 3 heterocycles. The Labute approximate surface area is 379 Å². The Morgan fingerprint density at radius 2 is 0.924 bits per heavy atom. The Kier molecular flexibility index (Phi) is 6.60. The molecule has 0 radical (unpaired) electrons. The average Bonchev–Trinajstić information content (AvgIpc) is 4.17. The van der Waals surface area contributed by atoms with E-state index in [2.05, 4.69) is 211 Å². The molecule has 13 aromatic rings. The van der Waals surface area contributed by atoms with E-state index in [0.717, 1.165) is 56.1 Å². The van der Waals surface area contributed by atoms with Gasteiger partial charge in [-0.05, 0) is 116 Å². The first-order valence-electron chi connectivity index (χ1n) is 23.1. The van der Waals surface area contributed by atoms with Crippen molar-refractivity contribution in [3.05, 3.63) is 245 Å². The Bertz CT molecular complexity index is 4290. The summed E-state index contributed by atoms with van der Waals surface area (Å²) in [5.74, 6) is 0.121. The largest absolute Gasteiger partial charge is 0.456 e. The summed E-state index contributed by atoms with van der Waals surface area (Å²) in [6, 6.07) is 76.7. The van der Waals surface area contributed by atoms with Gasteiger partial charge in [0.25, 0.3) is 0 Å². The van der Waals surface area contributed by atoms with E-state index in [1.165, 1.54) is 94.0 Å².